The Morgan fingerprint density at radius 2 is 1.80 bits per heavy atom. The fourth-order valence-electron chi connectivity index (χ4n) is 1.80. The number of hydrogen-bond acceptors (Lipinski definition) is 4. The molecule has 0 bridgehead atoms. The van der Waals surface area contributed by atoms with Gasteiger partial charge in [-0.1, -0.05) is 12.1 Å². The van der Waals surface area contributed by atoms with E-state index < -0.39 is 0 Å². The molecule has 2 rings (SSSR count). The Labute approximate surface area is 115 Å². The molecule has 6 nitrogen and oxygen atoms in total. The Kier molecular flexibility index (Phi) is 4.24. The van der Waals surface area contributed by atoms with Crippen LogP contribution in [0.4, 0.5) is 0 Å². The Hall–Kier alpha value is -2.50. The van der Waals surface area contributed by atoms with Crippen LogP contribution in [0.15, 0.2) is 46.1 Å². The molecule has 106 valence electrons. The van der Waals surface area contributed by atoms with Crippen LogP contribution in [0.5, 0.6) is 11.5 Å². The molecule has 0 unspecified atom stereocenters. The van der Waals surface area contributed by atoms with Gasteiger partial charge in [0.15, 0.2) is 11.5 Å². The van der Waals surface area contributed by atoms with Gasteiger partial charge in [0.2, 0.25) is 0 Å². The van der Waals surface area contributed by atoms with Crippen LogP contribution in [0.1, 0.15) is 0 Å². The third-order valence-electron chi connectivity index (χ3n) is 2.88. The van der Waals surface area contributed by atoms with Gasteiger partial charge in [0.25, 0.3) is 5.56 Å². The zero-order valence-corrected chi connectivity index (χ0v) is 11.4. The molecule has 1 aromatic carbocycles. The van der Waals surface area contributed by atoms with Gasteiger partial charge in [-0.15, -0.1) is 0 Å². The van der Waals surface area contributed by atoms with Crippen molar-refractivity contribution in [1.82, 2.24) is 9.13 Å². The van der Waals surface area contributed by atoms with E-state index >= 15 is 0 Å². The number of nitrogens with zero attached hydrogens (tertiary/aromatic N) is 2. The smallest absolute Gasteiger partial charge is 0.330 e. The van der Waals surface area contributed by atoms with Crippen molar-refractivity contribution in [1.29, 1.82) is 0 Å². The zero-order chi connectivity index (χ0) is 14.5. The van der Waals surface area contributed by atoms with E-state index in [-0.39, 0.29) is 24.4 Å². The summed E-state index contributed by atoms with van der Waals surface area (Å²) >= 11 is 0. The van der Waals surface area contributed by atoms with Gasteiger partial charge in [0, 0.05) is 19.3 Å². The molecule has 2 aromatic rings. The van der Waals surface area contributed by atoms with E-state index in [1.807, 2.05) is 12.1 Å². The predicted octanol–water partition coefficient (Wildman–Crippen LogP) is 0.635. The maximum absolute atomic E-state index is 11.8. The highest BCUT2D eigenvalue weighted by atomic mass is 16.5. The molecule has 0 aliphatic rings. The molecule has 0 saturated heterocycles. The quantitative estimate of drug-likeness (QED) is 0.804. The molecule has 20 heavy (non-hydrogen) atoms. The van der Waals surface area contributed by atoms with E-state index in [1.165, 1.54) is 16.8 Å². The molecule has 0 spiro atoms. The number of methoxy groups -OCH3 is 1. The number of aromatic nitrogens is 2. The van der Waals surface area contributed by atoms with Crippen molar-refractivity contribution in [2.45, 2.75) is 6.54 Å². The highest BCUT2D eigenvalue weighted by Crippen LogP contribution is 2.25. The highest BCUT2D eigenvalue weighted by molar-refractivity contribution is 5.39. The summed E-state index contributed by atoms with van der Waals surface area (Å²) in [5.74, 6) is 1.19. The summed E-state index contributed by atoms with van der Waals surface area (Å²) in [5, 5.41) is 0. The Balaban J connectivity index is 2.09. The lowest BCUT2D eigenvalue weighted by Gasteiger charge is -2.11. The number of rotatable bonds is 5. The van der Waals surface area contributed by atoms with E-state index in [0.29, 0.717) is 11.5 Å². The van der Waals surface area contributed by atoms with Crippen LogP contribution < -0.4 is 20.7 Å². The van der Waals surface area contributed by atoms with Gasteiger partial charge in [-0.3, -0.25) is 9.36 Å². The normalized spacial score (nSPS) is 10.3. The maximum atomic E-state index is 11.8. The second kappa shape index (κ2) is 6.10. The van der Waals surface area contributed by atoms with E-state index in [1.54, 1.807) is 26.3 Å². The van der Waals surface area contributed by atoms with Gasteiger partial charge < -0.3 is 14.0 Å². The third-order valence-corrected chi connectivity index (χ3v) is 2.88. The molecule has 0 amide bonds. The Morgan fingerprint density at radius 1 is 1.10 bits per heavy atom. The molecular weight excluding hydrogens is 260 g/mol. The maximum Gasteiger partial charge on any atom is 0.330 e. The van der Waals surface area contributed by atoms with Crippen molar-refractivity contribution in [2.24, 2.45) is 7.05 Å². The van der Waals surface area contributed by atoms with Crippen molar-refractivity contribution in [3.63, 3.8) is 0 Å². The molecule has 0 saturated carbocycles. The minimum atomic E-state index is -0.360. The van der Waals surface area contributed by atoms with Gasteiger partial charge in [-0.2, -0.15) is 0 Å². The lowest BCUT2D eigenvalue weighted by atomic mass is 10.3. The minimum absolute atomic E-state index is 0.185. The first-order chi connectivity index (χ1) is 9.63. The molecule has 0 aliphatic heterocycles. The second-order valence-corrected chi connectivity index (χ2v) is 4.20. The summed E-state index contributed by atoms with van der Waals surface area (Å²) in [6.45, 7) is 0.393. The van der Waals surface area contributed by atoms with E-state index in [0.717, 1.165) is 4.57 Å². The van der Waals surface area contributed by atoms with E-state index in [2.05, 4.69) is 0 Å². The molecule has 0 fully saturated rings. The fraction of sp³-hybridized carbons (Fsp3) is 0.286. The topological polar surface area (TPSA) is 62.5 Å². The highest BCUT2D eigenvalue weighted by Gasteiger charge is 2.05. The third kappa shape index (κ3) is 2.90. The lowest BCUT2D eigenvalue weighted by molar-refractivity contribution is 0.275. The van der Waals surface area contributed by atoms with Crippen LogP contribution in [-0.4, -0.2) is 22.9 Å². The van der Waals surface area contributed by atoms with Gasteiger partial charge in [0.05, 0.1) is 13.7 Å². The largest absolute Gasteiger partial charge is 0.493 e. The second-order valence-electron chi connectivity index (χ2n) is 4.20. The number of hydrogen-bond donors (Lipinski definition) is 0. The first-order valence-electron chi connectivity index (χ1n) is 6.16. The van der Waals surface area contributed by atoms with Gasteiger partial charge in [-0.25, -0.2) is 4.79 Å². The van der Waals surface area contributed by atoms with Crippen molar-refractivity contribution in [2.75, 3.05) is 13.7 Å². The summed E-state index contributed by atoms with van der Waals surface area (Å²) in [4.78, 5) is 23.4. The van der Waals surface area contributed by atoms with Crippen LogP contribution >= 0.6 is 0 Å². The molecule has 1 aromatic heterocycles. The predicted molar refractivity (Wildman–Crippen MR) is 74.4 cm³/mol. The summed E-state index contributed by atoms with van der Waals surface area (Å²) < 4.78 is 13.2. The van der Waals surface area contributed by atoms with Gasteiger partial charge >= 0.3 is 5.69 Å². The van der Waals surface area contributed by atoms with Gasteiger partial charge in [-0.05, 0) is 12.1 Å². The molecule has 0 aliphatic carbocycles. The first-order valence-corrected chi connectivity index (χ1v) is 6.16. The first kappa shape index (κ1) is 13.9. The zero-order valence-electron chi connectivity index (χ0n) is 11.4. The Bertz CT molecular complexity index is 703. The number of para-hydroxylation sites is 2. The minimum Gasteiger partial charge on any atom is -0.493 e. The lowest BCUT2D eigenvalue weighted by Crippen LogP contribution is -2.39. The van der Waals surface area contributed by atoms with Crippen molar-refractivity contribution < 1.29 is 9.47 Å². The average Bonchev–Trinajstić information content (AvgIpc) is 2.47. The molecular formula is C14H16N2O4. The van der Waals surface area contributed by atoms with Crippen molar-refractivity contribution >= 4 is 0 Å². The van der Waals surface area contributed by atoms with Crippen LogP contribution in [-0.2, 0) is 13.6 Å². The molecule has 0 radical (unpaired) electrons. The molecule has 0 atom stereocenters. The van der Waals surface area contributed by atoms with Crippen LogP contribution in [0.3, 0.4) is 0 Å². The van der Waals surface area contributed by atoms with Crippen LogP contribution in [0, 0.1) is 0 Å². The summed E-state index contributed by atoms with van der Waals surface area (Å²) in [7, 11) is 3.15. The average molecular weight is 276 g/mol. The standard InChI is InChI=1S/C14H16N2O4/c1-15-8-7-13(17)16(14(15)18)9-10-20-12-6-4-3-5-11(12)19-2/h3-8H,9-10H2,1-2H3. The van der Waals surface area contributed by atoms with Crippen LogP contribution in [0.2, 0.25) is 0 Å². The summed E-state index contributed by atoms with van der Waals surface area (Å²) in [5.41, 5.74) is -0.696. The number of ether oxygens (including phenoxy) is 2. The molecule has 1 heterocycles. The monoisotopic (exact) mass is 276 g/mol. The Morgan fingerprint density at radius 3 is 2.50 bits per heavy atom. The van der Waals surface area contributed by atoms with Gasteiger partial charge in [0.1, 0.15) is 6.61 Å². The summed E-state index contributed by atoms with van der Waals surface area (Å²) in [6.07, 6.45) is 1.45. The van der Waals surface area contributed by atoms with E-state index in [4.69, 9.17) is 9.47 Å². The SMILES string of the molecule is COc1ccccc1OCCn1c(=O)ccn(C)c1=O. The fourth-order valence-corrected chi connectivity index (χ4v) is 1.80. The summed E-state index contributed by atoms with van der Waals surface area (Å²) in [6, 6.07) is 8.56. The molecule has 0 N–H and O–H groups in total. The molecule has 6 heteroatoms. The van der Waals surface area contributed by atoms with Crippen molar-refractivity contribution in [3.05, 3.63) is 57.4 Å². The van der Waals surface area contributed by atoms with Crippen LogP contribution in [0.25, 0.3) is 0 Å². The van der Waals surface area contributed by atoms with E-state index in [9.17, 15) is 9.59 Å². The van der Waals surface area contributed by atoms with Crippen molar-refractivity contribution in [3.8, 4) is 11.5 Å². The number of benzene rings is 1. The number of aryl methyl sites for hydroxylation is 1.